The van der Waals surface area contributed by atoms with Crippen LogP contribution in [0, 0.1) is 0 Å². The standard InChI is InChI=1S/C13H25N5/c1-13(12-17-8-4-2-3-5-9-17)14-6-10-18-11-7-15-16-18/h7,11,13-14H,2-6,8-10,12H2,1H3/t13-/m1/s1. The molecule has 1 aromatic heterocycles. The van der Waals surface area contributed by atoms with E-state index < -0.39 is 0 Å². The highest BCUT2D eigenvalue weighted by Crippen LogP contribution is 2.09. The SMILES string of the molecule is C[C@H](CN1CCCCCC1)NCCn1ccnn1. The number of aromatic nitrogens is 3. The quantitative estimate of drug-likeness (QED) is 0.823. The van der Waals surface area contributed by atoms with Crippen molar-refractivity contribution in [3.05, 3.63) is 12.4 Å². The van der Waals surface area contributed by atoms with Gasteiger partial charge >= 0.3 is 0 Å². The lowest BCUT2D eigenvalue weighted by molar-refractivity contribution is 0.255. The molecule has 2 heterocycles. The molecule has 0 aromatic carbocycles. The molecule has 18 heavy (non-hydrogen) atoms. The second kappa shape index (κ2) is 7.48. The molecular weight excluding hydrogens is 226 g/mol. The Balaban J connectivity index is 1.60. The second-order valence-corrected chi connectivity index (χ2v) is 5.24. The maximum atomic E-state index is 3.96. The first kappa shape index (κ1) is 13.5. The van der Waals surface area contributed by atoms with Gasteiger partial charge in [0.05, 0.1) is 12.7 Å². The van der Waals surface area contributed by atoms with Gasteiger partial charge in [-0.05, 0) is 32.9 Å². The fraction of sp³-hybridized carbons (Fsp3) is 0.846. The molecule has 1 atom stereocenters. The minimum atomic E-state index is 0.548. The molecule has 1 aliphatic rings. The van der Waals surface area contributed by atoms with Crippen molar-refractivity contribution in [3.8, 4) is 0 Å². The van der Waals surface area contributed by atoms with Gasteiger partial charge in [0.1, 0.15) is 0 Å². The monoisotopic (exact) mass is 251 g/mol. The highest BCUT2D eigenvalue weighted by Gasteiger charge is 2.11. The smallest absolute Gasteiger partial charge is 0.0692 e. The zero-order chi connectivity index (χ0) is 12.6. The van der Waals surface area contributed by atoms with Crippen molar-refractivity contribution in [2.45, 2.75) is 45.2 Å². The van der Waals surface area contributed by atoms with Gasteiger partial charge < -0.3 is 10.2 Å². The van der Waals surface area contributed by atoms with Crippen molar-refractivity contribution in [2.75, 3.05) is 26.2 Å². The van der Waals surface area contributed by atoms with Gasteiger partial charge in [0.2, 0.25) is 0 Å². The molecule has 0 radical (unpaired) electrons. The normalized spacial score (nSPS) is 19.6. The van der Waals surface area contributed by atoms with Crippen LogP contribution in [-0.2, 0) is 6.54 Å². The maximum absolute atomic E-state index is 3.96. The molecule has 1 fully saturated rings. The van der Waals surface area contributed by atoms with Crippen LogP contribution in [0.5, 0.6) is 0 Å². The van der Waals surface area contributed by atoms with Gasteiger partial charge in [0, 0.05) is 25.3 Å². The van der Waals surface area contributed by atoms with E-state index in [-0.39, 0.29) is 0 Å². The second-order valence-electron chi connectivity index (χ2n) is 5.24. The Labute approximate surface area is 110 Å². The van der Waals surface area contributed by atoms with E-state index in [2.05, 4.69) is 27.5 Å². The molecule has 1 aromatic rings. The average Bonchev–Trinajstić information content (AvgIpc) is 2.74. The van der Waals surface area contributed by atoms with Crippen LogP contribution in [0.2, 0.25) is 0 Å². The van der Waals surface area contributed by atoms with Gasteiger partial charge in [0.25, 0.3) is 0 Å². The highest BCUT2D eigenvalue weighted by atomic mass is 15.4. The van der Waals surface area contributed by atoms with Gasteiger partial charge in [0.15, 0.2) is 0 Å². The van der Waals surface area contributed by atoms with E-state index in [1.165, 1.54) is 38.8 Å². The number of hydrogen-bond acceptors (Lipinski definition) is 4. The maximum Gasteiger partial charge on any atom is 0.0692 e. The molecular formula is C13H25N5. The first-order chi connectivity index (χ1) is 8.84. The molecule has 0 spiro atoms. The van der Waals surface area contributed by atoms with E-state index in [0.717, 1.165) is 19.6 Å². The molecule has 0 unspecified atom stereocenters. The van der Waals surface area contributed by atoms with Gasteiger partial charge in [-0.3, -0.25) is 4.68 Å². The molecule has 5 heteroatoms. The van der Waals surface area contributed by atoms with Crippen molar-refractivity contribution in [1.82, 2.24) is 25.2 Å². The largest absolute Gasteiger partial charge is 0.311 e. The van der Waals surface area contributed by atoms with Crippen LogP contribution in [0.15, 0.2) is 12.4 Å². The van der Waals surface area contributed by atoms with E-state index in [9.17, 15) is 0 Å². The van der Waals surface area contributed by atoms with Crippen LogP contribution < -0.4 is 5.32 Å². The molecule has 5 nitrogen and oxygen atoms in total. The number of hydrogen-bond donors (Lipinski definition) is 1. The molecule has 1 saturated heterocycles. The lowest BCUT2D eigenvalue weighted by Gasteiger charge is -2.24. The molecule has 0 saturated carbocycles. The van der Waals surface area contributed by atoms with Crippen LogP contribution in [-0.4, -0.2) is 52.1 Å². The third-order valence-corrected chi connectivity index (χ3v) is 3.54. The van der Waals surface area contributed by atoms with Crippen LogP contribution in [0.3, 0.4) is 0 Å². The number of likely N-dealkylation sites (tertiary alicyclic amines) is 1. The fourth-order valence-electron chi connectivity index (χ4n) is 2.55. The Kier molecular flexibility index (Phi) is 5.61. The third kappa shape index (κ3) is 4.74. The zero-order valence-electron chi connectivity index (χ0n) is 11.4. The van der Waals surface area contributed by atoms with Crippen molar-refractivity contribution < 1.29 is 0 Å². The number of nitrogens with one attached hydrogen (secondary N) is 1. The molecule has 1 N–H and O–H groups in total. The first-order valence-electron chi connectivity index (χ1n) is 7.14. The van der Waals surface area contributed by atoms with E-state index in [4.69, 9.17) is 0 Å². The summed E-state index contributed by atoms with van der Waals surface area (Å²) in [6.07, 6.45) is 9.17. The Morgan fingerprint density at radius 3 is 2.67 bits per heavy atom. The summed E-state index contributed by atoms with van der Waals surface area (Å²) in [5, 5.41) is 11.3. The summed E-state index contributed by atoms with van der Waals surface area (Å²) in [7, 11) is 0. The fourth-order valence-corrected chi connectivity index (χ4v) is 2.55. The summed E-state index contributed by atoms with van der Waals surface area (Å²) in [5.74, 6) is 0. The Bertz CT molecular complexity index is 303. The summed E-state index contributed by atoms with van der Waals surface area (Å²) >= 11 is 0. The van der Waals surface area contributed by atoms with E-state index in [1.807, 2.05) is 10.9 Å². The molecule has 102 valence electrons. The van der Waals surface area contributed by atoms with Crippen LogP contribution in [0.4, 0.5) is 0 Å². The third-order valence-electron chi connectivity index (χ3n) is 3.54. The lowest BCUT2D eigenvalue weighted by Crippen LogP contribution is -2.40. The first-order valence-corrected chi connectivity index (χ1v) is 7.14. The Morgan fingerprint density at radius 1 is 1.22 bits per heavy atom. The topological polar surface area (TPSA) is 46.0 Å². The lowest BCUT2D eigenvalue weighted by atomic mass is 10.2. The van der Waals surface area contributed by atoms with Crippen molar-refractivity contribution in [3.63, 3.8) is 0 Å². The Hall–Kier alpha value is -0.940. The van der Waals surface area contributed by atoms with E-state index in [0.29, 0.717) is 6.04 Å². The average molecular weight is 251 g/mol. The van der Waals surface area contributed by atoms with E-state index >= 15 is 0 Å². The summed E-state index contributed by atoms with van der Waals surface area (Å²) in [5.41, 5.74) is 0. The molecule has 0 bridgehead atoms. The predicted octanol–water partition coefficient (Wildman–Crippen LogP) is 1.13. The van der Waals surface area contributed by atoms with Gasteiger partial charge in [-0.1, -0.05) is 18.1 Å². The molecule has 1 aliphatic heterocycles. The van der Waals surface area contributed by atoms with Crippen molar-refractivity contribution in [1.29, 1.82) is 0 Å². The van der Waals surface area contributed by atoms with Crippen LogP contribution >= 0.6 is 0 Å². The van der Waals surface area contributed by atoms with E-state index in [1.54, 1.807) is 6.20 Å². The minimum absolute atomic E-state index is 0.548. The van der Waals surface area contributed by atoms with Crippen LogP contribution in [0.25, 0.3) is 0 Å². The molecule has 0 amide bonds. The summed E-state index contributed by atoms with van der Waals surface area (Å²) in [6, 6.07) is 0.548. The zero-order valence-corrected chi connectivity index (χ0v) is 11.4. The van der Waals surface area contributed by atoms with Gasteiger partial charge in [-0.25, -0.2) is 0 Å². The predicted molar refractivity (Wildman–Crippen MR) is 72.4 cm³/mol. The number of rotatable bonds is 6. The summed E-state index contributed by atoms with van der Waals surface area (Å²) < 4.78 is 1.87. The Morgan fingerprint density at radius 2 is 2.00 bits per heavy atom. The molecule has 0 aliphatic carbocycles. The van der Waals surface area contributed by atoms with Crippen molar-refractivity contribution >= 4 is 0 Å². The number of nitrogens with zero attached hydrogens (tertiary/aromatic N) is 4. The van der Waals surface area contributed by atoms with Gasteiger partial charge in [-0.15, -0.1) is 5.10 Å². The molecule has 2 rings (SSSR count). The van der Waals surface area contributed by atoms with Crippen LogP contribution in [0.1, 0.15) is 32.6 Å². The summed E-state index contributed by atoms with van der Waals surface area (Å²) in [6.45, 7) is 7.83. The minimum Gasteiger partial charge on any atom is -0.311 e. The van der Waals surface area contributed by atoms with Crippen molar-refractivity contribution in [2.24, 2.45) is 0 Å². The summed E-state index contributed by atoms with van der Waals surface area (Å²) in [4.78, 5) is 2.60. The van der Waals surface area contributed by atoms with Gasteiger partial charge in [-0.2, -0.15) is 0 Å². The highest BCUT2D eigenvalue weighted by molar-refractivity contribution is 4.71.